The second kappa shape index (κ2) is 13.7. The first-order valence-corrected chi connectivity index (χ1v) is 6.81. The van der Waals surface area contributed by atoms with Crippen LogP contribution in [0.4, 0.5) is 0 Å². The molecule has 0 bridgehead atoms. The molecule has 0 aliphatic rings. The van der Waals surface area contributed by atoms with E-state index in [1.54, 1.807) is 0 Å². The van der Waals surface area contributed by atoms with Crippen molar-refractivity contribution in [2.45, 2.75) is 25.4 Å². The van der Waals surface area contributed by atoms with Crippen LogP contribution in [-0.2, 0) is 20.8 Å². The highest BCUT2D eigenvalue weighted by Crippen LogP contribution is 2.10. The van der Waals surface area contributed by atoms with Gasteiger partial charge in [-0.15, -0.1) is 12.8 Å². The lowest BCUT2D eigenvalue weighted by atomic mass is 10.2. The van der Waals surface area contributed by atoms with Crippen molar-refractivity contribution < 1.29 is 24.4 Å². The summed E-state index contributed by atoms with van der Waals surface area (Å²) in [5, 5.41) is 22.0. The van der Waals surface area contributed by atoms with Crippen LogP contribution >= 0.6 is 12.8 Å². The Bertz CT molecular complexity index is 364. The van der Waals surface area contributed by atoms with Gasteiger partial charge in [0.15, 0.2) is 0 Å². The van der Waals surface area contributed by atoms with Gasteiger partial charge in [-0.1, -0.05) is 30.3 Å². The first kappa shape index (κ1) is 19.8. The van der Waals surface area contributed by atoms with Crippen LogP contribution in [0.3, 0.4) is 0 Å². The summed E-state index contributed by atoms with van der Waals surface area (Å²) in [5.74, 6) is 0. The summed E-state index contributed by atoms with van der Waals surface area (Å²) in [4.78, 5) is 0. The molecule has 1 aromatic rings. The van der Waals surface area contributed by atoms with Crippen molar-refractivity contribution >= 4 is 12.8 Å². The van der Waals surface area contributed by atoms with Gasteiger partial charge in [-0.25, -0.2) is 0 Å². The quantitative estimate of drug-likeness (QED) is 0.315. The predicted octanol–water partition coefficient (Wildman–Crippen LogP) is 1.76. The summed E-state index contributed by atoms with van der Waals surface area (Å²) >= 11 is 3.03. The molecule has 0 spiro atoms. The second-order valence-electron chi connectivity index (χ2n) is 3.92. The van der Waals surface area contributed by atoms with E-state index in [9.17, 15) is 5.11 Å². The number of hydrogen-bond donors (Lipinski definition) is 4. The van der Waals surface area contributed by atoms with Crippen LogP contribution < -0.4 is 5.14 Å². The Morgan fingerprint density at radius 3 is 2.48 bits per heavy atom. The fraction of sp³-hybridized carbons (Fsp3) is 0.429. The number of methoxy groups -OCH3 is 1. The Labute approximate surface area is 130 Å². The standard InChI is InChI=1S/C14H20O5.H3NS/c1-17-14(18-8-7-15)9-13(10-16)19-11-12-5-3-2-4-6-12;1-2/h2-8,13-16H,9-11H2,1H3;2H,1H2/b8-7-;/t13-,14-;/m0./s1. The maximum Gasteiger partial charge on any atom is 0.201 e. The van der Waals surface area contributed by atoms with Gasteiger partial charge < -0.3 is 24.4 Å². The average Bonchev–Trinajstić information content (AvgIpc) is 2.57. The molecule has 0 saturated carbocycles. The maximum absolute atomic E-state index is 9.27. The minimum absolute atomic E-state index is 0.126. The highest BCUT2D eigenvalue weighted by atomic mass is 32.1. The first-order valence-electron chi connectivity index (χ1n) is 6.29. The zero-order valence-electron chi connectivity index (χ0n) is 12.0. The first-order chi connectivity index (χ1) is 10.3. The maximum atomic E-state index is 9.27. The van der Waals surface area contributed by atoms with Crippen LogP contribution in [0.15, 0.2) is 42.9 Å². The zero-order chi connectivity index (χ0) is 15.9. The molecule has 1 aromatic carbocycles. The molecule has 120 valence electrons. The van der Waals surface area contributed by atoms with Gasteiger partial charge in [-0.2, -0.15) is 0 Å². The number of rotatable bonds is 9. The molecule has 7 heteroatoms. The van der Waals surface area contributed by atoms with Gasteiger partial charge in [0.05, 0.1) is 19.3 Å². The minimum Gasteiger partial charge on any atom is -0.512 e. The third kappa shape index (κ3) is 9.33. The van der Waals surface area contributed by atoms with Gasteiger partial charge in [0.25, 0.3) is 0 Å². The van der Waals surface area contributed by atoms with Crippen molar-refractivity contribution in [1.29, 1.82) is 0 Å². The van der Waals surface area contributed by atoms with Gasteiger partial charge in [0, 0.05) is 13.5 Å². The molecule has 0 amide bonds. The highest BCUT2D eigenvalue weighted by Gasteiger charge is 2.16. The highest BCUT2D eigenvalue weighted by molar-refractivity contribution is 7.77. The molecule has 0 aliphatic carbocycles. The van der Waals surface area contributed by atoms with E-state index in [0.29, 0.717) is 13.0 Å². The normalized spacial score (nSPS) is 13.3. The Hall–Kier alpha value is -1.25. The van der Waals surface area contributed by atoms with E-state index in [2.05, 4.69) is 18.0 Å². The van der Waals surface area contributed by atoms with Crippen molar-refractivity contribution in [3.8, 4) is 0 Å². The third-order valence-corrected chi connectivity index (χ3v) is 2.54. The molecule has 0 heterocycles. The van der Waals surface area contributed by atoms with Crippen LogP contribution in [0.2, 0.25) is 0 Å². The van der Waals surface area contributed by atoms with Gasteiger partial charge in [0.1, 0.15) is 12.5 Å². The molecular formula is C14H23NO5S. The fourth-order valence-corrected chi connectivity index (χ4v) is 1.53. The van der Waals surface area contributed by atoms with Gasteiger partial charge in [-0.3, -0.25) is 5.14 Å². The summed E-state index contributed by atoms with van der Waals surface area (Å²) in [5.41, 5.74) is 1.03. The monoisotopic (exact) mass is 317 g/mol. The van der Waals surface area contributed by atoms with Crippen LogP contribution in [-0.4, -0.2) is 36.3 Å². The molecule has 1 rings (SSSR count). The molecule has 21 heavy (non-hydrogen) atoms. The SMILES string of the molecule is CO[C@H](C[C@@H](CO)OCc1ccccc1)O/C=C\O.NS. The lowest BCUT2D eigenvalue weighted by Gasteiger charge is -2.21. The van der Waals surface area contributed by atoms with Crippen LogP contribution in [0.5, 0.6) is 0 Å². The lowest BCUT2D eigenvalue weighted by Crippen LogP contribution is -2.26. The summed E-state index contributed by atoms with van der Waals surface area (Å²) in [6.45, 7) is 0.289. The minimum atomic E-state index is -0.573. The van der Waals surface area contributed by atoms with E-state index < -0.39 is 12.4 Å². The second-order valence-corrected chi connectivity index (χ2v) is 3.92. The van der Waals surface area contributed by atoms with Crippen LogP contribution in [0.25, 0.3) is 0 Å². The van der Waals surface area contributed by atoms with E-state index in [-0.39, 0.29) is 6.61 Å². The largest absolute Gasteiger partial charge is 0.512 e. The van der Waals surface area contributed by atoms with Gasteiger partial charge >= 0.3 is 0 Å². The van der Waals surface area contributed by atoms with E-state index in [0.717, 1.165) is 18.1 Å². The van der Waals surface area contributed by atoms with Crippen molar-refractivity contribution in [1.82, 2.24) is 0 Å². The Morgan fingerprint density at radius 1 is 1.29 bits per heavy atom. The molecular weight excluding hydrogens is 294 g/mol. The van der Waals surface area contributed by atoms with Gasteiger partial charge in [-0.05, 0) is 5.56 Å². The number of ether oxygens (including phenoxy) is 3. The van der Waals surface area contributed by atoms with Crippen LogP contribution in [0.1, 0.15) is 12.0 Å². The number of nitrogens with two attached hydrogens (primary N) is 1. The molecule has 4 N–H and O–H groups in total. The number of aliphatic hydroxyl groups excluding tert-OH is 2. The Kier molecular flexibility index (Phi) is 12.9. The Balaban J connectivity index is 0.00000191. The molecule has 0 fully saturated rings. The molecule has 0 radical (unpaired) electrons. The Morgan fingerprint density at radius 2 is 1.95 bits per heavy atom. The van der Waals surface area contributed by atoms with Crippen molar-refractivity contribution in [2.24, 2.45) is 5.14 Å². The third-order valence-electron chi connectivity index (χ3n) is 2.54. The summed E-state index contributed by atoms with van der Waals surface area (Å²) in [6, 6.07) is 9.70. The number of thiol groups is 1. The molecule has 0 saturated heterocycles. The topological polar surface area (TPSA) is 94.2 Å². The van der Waals surface area contributed by atoms with Crippen molar-refractivity contribution in [3.05, 3.63) is 48.4 Å². The summed E-state index contributed by atoms with van der Waals surface area (Å²) in [6.07, 6.45) is 1.31. The zero-order valence-corrected chi connectivity index (χ0v) is 12.9. The number of benzene rings is 1. The van der Waals surface area contributed by atoms with E-state index in [4.69, 9.17) is 19.3 Å². The van der Waals surface area contributed by atoms with Gasteiger partial charge in [0.2, 0.25) is 6.29 Å². The number of aliphatic hydroxyl groups is 2. The average molecular weight is 317 g/mol. The van der Waals surface area contributed by atoms with Crippen molar-refractivity contribution in [2.75, 3.05) is 13.7 Å². The lowest BCUT2D eigenvalue weighted by molar-refractivity contribution is -0.124. The molecule has 6 nitrogen and oxygen atoms in total. The molecule has 0 aromatic heterocycles. The summed E-state index contributed by atoms with van der Waals surface area (Å²) < 4.78 is 15.7. The van der Waals surface area contributed by atoms with E-state index in [1.165, 1.54) is 7.11 Å². The van der Waals surface area contributed by atoms with E-state index in [1.807, 2.05) is 30.3 Å². The summed E-state index contributed by atoms with van der Waals surface area (Å²) in [7, 11) is 1.49. The molecule has 2 atom stereocenters. The van der Waals surface area contributed by atoms with E-state index >= 15 is 0 Å². The molecule has 0 aliphatic heterocycles. The number of hydrogen-bond acceptors (Lipinski definition) is 7. The smallest absolute Gasteiger partial charge is 0.201 e. The van der Waals surface area contributed by atoms with Crippen LogP contribution in [0, 0.1) is 0 Å². The molecule has 0 unspecified atom stereocenters. The predicted molar refractivity (Wildman–Crippen MR) is 83.5 cm³/mol. The van der Waals surface area contributed by atoms with Crippen molar-refractivity contribution in [3.63, 3.8) is 0 Å². The fourth-order valence-electron chi connectivity index (χ4n) is 1.53.